The molecule has 0 amide bonds. The maximum atomic E-state index is 10.6. The lowest BCUT2D eigenvalue weighted by molar-refractivity contribution is 0.0665. The zero-order chi connectivity index (χ0) is 12.5. The van der Waals surface area contributed by atoms with Crippen LogP contribution in [0.4, 0.5) is 0 Å². The molecule has 0 saturated heterocycles. The third-order valence-corrected chi connectivity index (χ3v) is 4.18. The van der Waals surface area contributed by atoms with Crippen LogP contribution in [0.5, 0.6) is 0 Å². The number of aryl methyl sites for hydroxylation is 1. The van der Waals surface area contributed by atoms with Crippen LogP contribution in [0.25, 0.3) is 0 Å². The quantitative estimate of drug-likeness (QED) is 0.844. The molecule has 1 unspecified atom stereocenters. The molecule has 0 heterocycles. The first kappa shape index (κ1) is 12.1. The van der Waals surface area contributed by atoms with Gasteiger partial charge in [0.15, 0.2) is 0 Å². The number of rotatable bonds is 2. The van der Waals surface area contributed by atoms with Crippen LogP contribution in [0.1, 0.15) is 48.5 Å². The van der Waals surface area contributed by atoms with Gasteiger partial charge in [0.05, 0.1) is 17.6 Å². The van der Waals surface area contributed by atoms with E-state index in [1.54, 1.807) is 0 Å². The Balaban J connectivity index is 2.40. The highest BCUT2D eigenvalue weighted by Crippen LogP contribution is 2.47. The molecule has 0 aromatic heterocycles. The van der Waals surface area contributed by atoms with Crippen molar-refractivity contribution in [3.05, 3.63) is 34.9 Å². The van der Waals surface area contributed by atoms with Gasteiger partial charge in [-0.3, -0.25) is 0 Å². The third kappa shape index (κ3) is 1.96. The Hall–Kier alpha value is -1.33. The predicted octanol–water partition coefficient (Wildman–Crippen LogP) is 3.42. The Morgan fingerprint density at radius 1 is 1.29 bits per heavy atom. The highest BCUT2D eigenvalue weighted by molar-refractivity contribution is 5.36. The van der Waals surface area contributed by atoms with Crippen molar-refractivity contribution in [2.45, 2.75) is 45.6 Å². The number of aliphatic hydroxyl groups is 1. The summed E-state index contributed by atoms with van der Waals surface area (Å²) < 4.78 is 0. The van der Waals surface area contributed by atoms with E-state index in [0.29, 0.717) is 0 Å². The molecule has 0 radical (unpaired) electrons. The first-order valence-electron chi connectivity index (χ1n) is 6.26. The van der Waals surface area contributed by atoms with Gasteiger partial charge in [0.2, 0.25) is 0 Å². The Morgan fingerprint density at radius 2 is 1.94 bits per heavy atom. The van der Waals surface area contributed by atoms with Crippen molar-refractivity contribution in [2.75, 3.05) is 0 Å². The van der Waals surface area contributed by atoms with E-state index in [1.807, 2.05) is 32.0 Å². The van der Waals surface area contributed by atoms with Crippen molar-refractivity contribution in [1.29, 1.82) is 5.26 Å². The van der Waals surface area contributed by atoms with Gasteiger partial charge in [0.1, 0.15) is 0 Å². The van der Waals surface area contributed by atoms with Gasteiger partial charge >= 0.3 is 0 Å². The van der Waals surface area contributed by atoms with Crippen LogP contribution >= 0.6 is 0 Å². The second-order valence-corrected chi connectivity index (χ2v) is 5.17. The fourth-order valence-corrected chi connectivity index (χ4v) is 2.82. The predicted molar refractivity (Wildman–Crippen MR) is 67.4 cm³/mol. The second kappa shape index (κ2) is 4.50. The summed E-state index contributed by atoms with van der Waals surface area (Å²) in [6, 6.07) is 8.32. The number of nitrogens with zero attached hydrogens (tertiary/aromatic N) is 1. The number of hydrogen-bond acceptors (Lipinski definition) is 2. The molecule has 2 nitrogen and oxygen atoms in total. The van der Waals surface area contributed by atoms with Crippen LogP contribution in [0.3, 0.4) is 0 Å². The van der Waals surface area contributed by atoms with Crippen molar-refractivity contribution in [2.24, 2.45) is 5.41 Å². The lowest BCUT2D eigenvalue weighted by Gasteiger charge is -2.28. The Bertz CT molecular complexity index is 452. The molecule has 1 aliphatic carbocycles. The van der Waals surface area contributed by atoms with Crippen LogP contribution in [-0.2, 0) is 0 Å². The van der Waals surface area contributed by atoms with Crippen LogP contribution in [0.2, 0.25) is 0 Å². The first-order valence-corrected chi connectivity index (χ1v) is 6.26. The molecule has 17 heavy (non-hydrogen) atoms. The van der Waals surface area contributed by atoms with Crippen LogP contribution in [0.15, 0.2) is 18.2 Å². The molecule has 1 aromatic carbocycles. The maximum absolute atomic E-state index is 10.6. The summed E-state index contributed by atoms with van der Waals surface area (Å²) in [6.07, 6.45) is 3.09. The topological polar surface area (TPSA) is 44.0 Å². The van der Waals surface area contributed by atoms with Crippen molar-refractivity contribution in [3.8, 4) is 6.07 Å². The van der Waals surface area contributed by atoms with E-state index in [2.05, 4.69) is 6.07 Å². The zero-order valence-electron chi connectivity index (χ0n) is 10.5. The normalized spacial score (nSPS) is 19.9. The van der Waals surface area contributed by atoms with Gasteiger partial charge in [-0.15, -0.1) is 0 Å². The smallest absolute Gasteiger partial charge is 0.0978 e. The summed E-state index contributed by atoms with van der Waals surface area (Å²) in [5.41, 5.74) is 2.65. The molecule has 0 spiro atoms. The molecule has 1 aromatic rings. The van der Waals surface area contributed by atoms with Crippen molar-refractivity contribution in [3.63, 3.8) is 0 Å². The van der Waals surface area contributed by atoms with E-state index in [4.69, 9.17) is 0 Å². The minimum Gasteiger partial charge on any atom is -0.387 e. The van der Waals surface area contributed by atoms with E-state index in [-0.39, 0.29) is 0 Å². The second-order valence-electron chi connectivity index (χ2n) is 5.17. The Labute approximate surface area is 103 Å². The molecular formula is C15H19NO. The van der Waals surface area contributed by atoms with Gasteiger partial charge in [-0.05, 0) is 43.4 Å². The lowest BCUT2D eigenvalue weighted by Crippen LogP contribution is -2.24. The molecule has 2 heteroatoms. The van der Waals surface area contributed by atoms with Gasteiger partial charge in [-0.2, -0.15) is 5.26 Å². The summed E-state index contributed by atoms with van der Waals surface area (Å²) in [4.78, 5) is 0. The number of hydrogen-bond donors (Lipinski definition) is 1. The largest absolute Gasteiger partial charge is 0.387 e. The van der Waals surface area contributed by atoms with Crippen LogP contribution in [-0.4, -0.2) is 5.11 Å². The molecule has 1 N–H and O–H groups in total. The van der Waals surface area contributed by atoms with E-state index < -0.39 is 11.5 Å². The molecule has 1 aliphatic rings. The summed E-state index contributed by atoms with van der Waals surface area (Å²) in [6.45, 7) is 4.06. The number of benzene rings is 1. The Morgan fingerprint density at radius 3 is 2.53 bits per heavy atom. The maximum Gasteiger partial charge on any atom is 0.0978 e. The van der Waals surface area contributed by atoms with Crippen molar-refractivity contribution >= 4 is 0 Å². The zero-order valence-corrected chi connectivity index (χ0v) is 10.5. The highest BCUT2D eigenvalue weighted by atomic mass is 16.3. The summed E-state index contributed by atoms with van der Waals surface area (Å²) >= 11 is 0. The van der Waals surface area contributed by atoms with Gasteiger partial charge < -0.3 is 5.11 Å². The van der Waals surface area contributed by atoms with Gasteiger partial charge in [0.25, 0.3) is 0 Å². The first-order chi connectivity index (χ1) is 8.10. The fourth-order valence-electron chi connectivity index (χ4n) is 2.82. The average molecular weight is 229 g/mol. The van der Waals surface area contributed by atoms with Crippen molar-refractivity contribution < 1.29 is 5.11 Å². The molecule has 1 saturated carbocycles. The minimum atomic E-state index is -0.644. The van der Waals surface area contributed by atoms with Gasteiger partial charge in [-0.25, -0.2) is 0 Å². The summed E-state index contributed by atoms with van der Waals surface area (Å²) in [7, 11) is 0. The van der Waals surface area contributed by atoms with E-state index in [0.717, 1.165) is 36.8 Å². The van der Waals surface area contributed by atoms with E-state index >= 15 is 0 Å². The molecule has 1 atom stereocenters. The SMILES string of the molecule is Cc1cccc(C(O)C2(C#N)CCCC2)c1C. The monoisotopic (exact) mass is 229 g/mol. The molecule has 1 fully saturated rings. The highest BCUT2D eigenvalue weighted by Gasteiger charge is 2.42. The van der Waals surface area contributed by atoms with Gasteiger partial charge in [-0.1, -0.05) is 31.0 Å². The molecule has 0 bridgehead atoms. The fraction of sp³-hybridized carbons (Fsp3) is 0.533. The summed E-state index contributed by atoms with van der Waals surface area (Å²) in [5.74, 6) is 0. The van der Waals surface area contributed by atoms with Crippen molar-refractivity contribution in [1.82, 2.24) is 0 Å². The molecule has 90 valence electrons. The standard InChI is InChI=1S/C15H19NO/c1-11-6-5-7-13(12(11)2)14(17)15(10-16)8-3-4-9-15/h5-7,14,17H,3-4,8-9H2,1-2H3. The minimum absolute atomic E-state index is 0.557. The molecule has 0 aliphatic heterocycles. The third-order valence-electron chi connectivity index (χ3n) is 4.18. The van der Waals surface area contributed by atoms with Crippen LogP contribution in [0, 0.1) is 30.6 Å². The number of aliphatic hydroxyl groups excluding tert-OH is 1. The van der Waals surface area contributed by atoms with E-state index in [9.17, 15) is 10.4 Å². The summed E-state index contributed by atoms with van der Waals surface area (Å²) in [5, 5.41) is 20.0. The molecule has 2 rings (SSSR count). The molecular weight excluding hydrogens is 210 g/mol. The average Bonchev–Trinajstić information content (AvgIpc) is 2.82. The lowest BCUT2D eigenvalue weighted by atomic mass is 9.77. The van der Waals surface area contributed by atoms with E-state index in [1.165, 1.54) is 5.56 Å². The van der Waals surface area contributed by atoms with Crippen LogP contribution < -0.4 is 0 Å². The van der Waals surface area contributed by atoms with Gasteiger partial charge in [0, 0.05) is 0 Å². The Kier molecular flexibility index (Phi) is 3.22. The number of nitriles is 1.